The topological polar surface area (TPSA) is 18.5 Å². The van der Waals surface area contributed by atoms with Crippen LogP contribution >= 0.6 is 23.2 Å². The molecular formula is C17H22Cl2O2. The van der Waals surface area contributed by atoms with Gasteiger partial charge in [-0.05, 0) is 43.4 Å². The number of fused-ring (bicyclic) bond motifs is 2. The molecule has 2 fully saturated rings. The Kier molecular flexibility index (Phi) is 4.03. The van der Waals surface area contributed by atoms with E-state index in [1.165, 1.54) is 0 Å². The lowest BCUT2D eigenvalue weighted by molar-refractivity contribution is -0.0959. The minimum atomic E-state index is -0.150. The first-order chi connectivity index (χ1) is 9.85. The van der Waals surface area contributed by atoms with Crippen molar-refractivity contribution in [3.8, 4) is 0 Å². The minimum Gasteiger partial charge on any atom is -0.370 e. The van der Waals surface area contributed by atoms with Crippen LogP contribution in [0.1, 0.15) is 45.6 Å². The molecule has 3 atom stereocenters. The van der Waals surface area contributed by atoms with Crippen LogP contribution in [0.25, 0.3) is 0 Å². The van der Waals surface area contributed by atoms with Crippen molar-refractivity contribution >= 4 is 23.2 Å². The molecule has 2 bridgehead atoms. The Labute approximate surface area is 136 Å². The van der Waals surface area contributed by atoms with Gasteiger partial charge >= 0.3 is 0 Å². The molecule has 2 aliphatic heterocycles. The Morgan fingerprint density at radius 3 is 2.71 bits per heavy atom. The van der Waals surface area contributed by atoms with Crippen LogP contribution in [0, 0.1) is 5.92 Å². The maximum absolute atomic E-state index is 6.38. The highest BCUT2D eigenvalue weighted by molar-refractivity contribution is 6.35. The fourth-order valence-electron chi connectivity index (χ4n) is 3.63. The van der Waals surface area contributed by atoms with Crippen molar-refractivity contribution in [3.05, 3.63) is 33.8 Å². The average Bonchev–Trinajstić information content (AvgIpc) is 2.90. The molecule has 0 aromatic heterocycles. The summed E-state index contributed by atoms with van der Waals surface area (Å²) in [5.74, 6) is 0.520. The molecule has 2 aliphatic rings. The summed E-state index contributed by atoms with van der Waals surface area (Å²) >= 11 is 12.1. The van der Waals surface area contributed by atoms with Crippen molar-refractivity contribution in [3.63, 3.8) is 0 Å². The van der Waals surface area contributed by atoms with E-state index in [1.54, 1.807) is 6.07 Å². The minimum absolute atomic E-state index is 0.00318. The molecule has 0 amide bonds. The van der Waals surface area contributed by atoms with E-state index in [1.807, 2.05) is 12.1 Å². The van der Waals surface area contributed by atoms with Gasteiger partial charge in [0.25, 0.3) is 0 Å². The summed E-state index contributed by atoms with van der Waals surface area (Å²) in [7, 11) is 0. The molecule has 0 aliphatic carbocycles. The molecule has 3 rings (SSSR count). The number of halogens is 2. The van der Waals surface area contributed by atoms with Gasteiger partial charge in [-0.25, -0.2) is 0 Å². The van der Waals surface area contributed by atoms with Crippen LogP contribution < -0.4 is 0 Å². The SMILES string of the molecule is CC(C)[C@@]12CC[C@@](C)(O1)[C@@H](OCc1ccc(Cl)cc1Cl)C2. The molecule has 0 N–H and O–H groups in total. The Bertz CT molecular complexity index is 546. The fraction of sp³-hybridized carbons (Fsp3) is 0.647. The van der Waals surface area contributed by atoms with Crippen molar-refractivity contribution in [1.82, 2.24) is 0 Å². The quantitative estimate of drug-likeness (QED) is 0.751. The molecule has 1 aromatic carbocycles. The van der Waals surface area contributed by atoms with Crippen molar-refractivity contribution in [1.29, 1.82) is 0 Å². The maximum atomic E-state index is 6.38. The zero-order valence-corrected chi connectivity index (χ0v) is 14.3. The molecule has 2 saturated heterocycles. The predicted molar refractivity (Wildman–Crippen MR) is 85.9 cm³/mol. The molecule has 2 nitrogen and oxygen atoms in total. The van der Waals surface area contributed by atoms with E-state index in [0.29, 0.717) is 22.6 Å². The molecule has 0 radical (unpaired) electrons. The summed E-state index contributed by atoms with van der Waals surface area (Å²) in [6.45, 7) is 7.17. The van der Waals surface area contributed by atoms with Gasteiger partial charge in [-0.15, -0.1) is 0 Å². The first-order valence-electron chi connectivity index (χ1n) is 7.60. The highest BCUT2D eigenvalue weighted by Gasteiger charge is 2.60. The van der Waals surface area contributed by atoms with Gasteiger partial charge in [0.1, 0.15) is 0 Å². The Balaban J connectivity index is 1.69. The van der Waals surface area contributed by atoms with E-state index < -0.39 is 0 Å². The van der Waals surface area contributed by atoms with Gasteiger partial charge in [-0.1, -0.05) is 43.1 Å². The summed E-state index contributed by atoms with van der Waals surface area (Å²) in [6, 6.07) is 5.54. The van der Waals surface area contributed by atoms with Gasteiger partial charge < -0.3 is 9.47 Å². The predicted octanol–water partition coefficient (Wildman–Crippen LogP) is 5.25. The Morgan fingerprint density at radius 2 is 2.10 bits per heavy atom. The van der Waals surface area contributed by atoms with Crippen molar-refractivity contribution in [2.75, 3.05) is 0 Å². The molecule has 0 saturated carbocycles. The third-order valence-corrected chi connectivity index (χ3v) is 5.79. The van der Waals surface area contributed by atoms with E-state index in [2.05, 4.69) is 20.8 Å². The van der Waals surface area contributed by atoms with E-state index in [9.17, 15) is 0 Å². The second-order valence-corrected chi connectivity index (χ2v) is 7.72. The van der Waals surface area contributed by atoms with Crippen LogP contribution in [0.3, 0.4) is 0 Å². The van der Waals surface area contributed by atoms with Crippen LogP contribution in [0.15, 0.2) is 18.2 Å². The normalized spacial score (nSPS) is 34.9. The lowest BCUT2D eigenvalue weighted by atomic mass is 9.75. The number of hydrogen-bond donors (Lipinski definition) is 0. The van der Waals surface area contributed by atoms with Crippen LogP contribution in [-0.2, 0) is 16.1 Å². The molecule has 21 heavy (non-hydrogen) atoms. The zero-order chi connectivity index (χ0) is 15.3. The van der Waals surface area contributed by atoms with E-state index >= 15 is 0 Å². The van der Waals surface area contributed by atoms with Gasteiger partial charge in [0.15, 0.2) is 0 Å². The van der Waals surface area contributed by atoms with E-state index in [0.717, 1.165) is 24.8 Å². The Hall–Kier alpha value is -0.280. The number of hydrogen-bond acceptors (Lipinski definition) is 2. The smallest absolute Gasteiger partial charge is 0.0924 e. The van der Waals surface area contributed by atoms with E-state index in [-0.39, 0.29) is 17.3 Å². The third-order valence-electron chi connectivity index (χ3n) is 5.20. The van der Waals surface area contributed by atoms with Crippen molar-refractivity contribution < 1.29 is 9.47 Å². The molecule has 0 unspecified atom stereocenters. The number of rotatable bonds is 4. The van der Waals surface area contributed by atoms with Gasteiger partial charge in [0.2, 0.25) is 0 Å². The molecule has 2 heterocycles. The van der Waals surface area contributed by atoms with Crippen LogP contribution in [0.5, 0.6) is 0 Å². The summed E-state index contributed by atoms with van der Waals surface area (Å²) in [5.41, 5.74) is 0.831. The Morgan fingerprint density at radius 1 is 1.33 bits per heavy atom. The van der Waals surface area contributed by atoms with Gasteiger partial charge in [0, 0.05) is 16.5 Å². The second kappa shape index (κ2) is 5.42. The summed E-state index contributed by atoms with van der Waals surface area (Å²) < 4.78 is 12.5. The molecule has 116 valence electrons. The van der Waals surface area contributed by atoms with Gasteiger partial charge in [-0.3, -0.25) is 0 Å². The lowest BCUT2D eigenvalue weighted by Gasteiger charge is -2.31. The second-order valence-electron chi connectivity index (χ2n) is 6.87. The highest BCUT2D eigenvalue weighted by Crippen LogP contribution is 2.55. The van der Waals surface area contributed by atoms with Crippen LogP contribution in [0.4, 0.5) is 0 Å². The fourth-order valence-corrected chi connectivity index (χ4v) is 4.10. The summed E-state index contributed by atoms with van der Waals surface area (Å²) in [6.07, 6.45) is 3.33. The molecule has 0 spiro atoms. The largest absolute Gasteiger partial charge is 0.370 e. The highest BCUT2D eigenvalue weighted by atomic mass is 35.5. The monoisotopic (exact) mass is 328 g/mol. The maximum Gasteiger partial charge on any atom is 0.0924 e. The zero-order valence-electron chi connectivity index (χ0n) is 12.8. The number of benzene rings is 1. The number of ether oxygens (including phenoxy) is 2. The van der Waals surface area contributed by atoms with Crippen LogP contribution in [0.2, 0.25) is 10.0 Å². The van der Waals surface area contributed by atoms with E-state index in [4.69, 9.17) is 32.7 Å². The molecular weight excluding hydrogens is 307 g/mol. The first-order valence-corrected chi connectivity index (χ1v) is 8.36. The van der Waals surface area contributed by atoms with Crippen molar-refractivity contribution in [2.45, 2.75) is 63.9 Å². The molecule has 4 heteroatoms. The summed E-state index contributed by atoms with van der Waals surface area (Å²) in [5, 5.41) is 1.31. The lowest BCUT2D eigenvalue weighted by Crippen LogP contribution is -2.38. The first kappa shape index (κ1) is 15.6. The average molecular weight is 329 g/mol. The van der Waals surface area contributed by atoms with Gasteiger partial charge in [-0.2, -0.15) is 0 Å². The molecule has 1 aromatic rings. The van der Waals surface area contributed by atoms with Crippen molar-refractivity contribution in [2.24, 2.45) is 5.92 Å². The van der Waals surface area contributed by atoms with Gasteiger partial charge in [0.05, 0.1) is 23.9 Å². The standard InChI is InChI=1S/C17H22Cl2O2/c1-11(2)17-7-6-16(3,21-17)15(9-17)20-10-12-4-5-13(18)8-14(12)19/h4-5,8,11,15H,6-7,9-10H2,1-3H3/t15-,16+,17-/m0/s1. The van der Waals surface area contributed by atoms with Crippen LogP contribution in [-0.4, -0.2) is 17.3 Å². The third kappa shape index (κ3) is 2.72. The summed E-state index contributed by atoms with van der Waals surface area (Å²) in [4.78, 5) is 0.